The molecule has 0 spiro atoms. The maximum atomic E-state index is 7.20. The van der Waals surface area contributed by atoms with Crippen molar-refractivity contribution in [1.29, 1.82) is 0 Å². The summed E-state index contributed by atoms with van der Waals surface area (Å²) in [6, 6.07) is 47.8. The van der Waals surface area contributed by atoms with Crippen LogP contribution in [-0.2, 0) is 25.7 Å². The second kappa shape index (κ2) is 28.6. The molecule has 0 saturated heterocycles. The van der Waals surface area contributed by atoms with E-state index in [-0.39, 0.29) is 0 Å². The summed E-state index contributed by atoms with van der Waals surface area (Å²) < 4.78 is 28.3. The highest BCUT2D eigenvalue weighted by Gasteiger charge is 2.25. The molecule has 0 atom stereocenters. The lowest BCUT2D eigenvalue weighted by Gasteiger charge is -2.25. The zero-order chi connectivity index (χ0) is 47.9. The third-order valence-electron chi connectivity index (χ3n) is 13.5. The molecule has 4 nitrogen and oxygen atoms in total. The number of unbranched alkanes of at least 4 members (excludes halogenated alkanes) is 12. The Kier molecular flexibility index (Phi) is 21.4. The first-order chi connectivity index (χ1) is 34.1. The first-order valence-corrected chi connectivity index (χ1v) is 28.3. The van der Waals surface area contributed by atoms with Crippen molar-refractivity contribution in [2.75, 3.05) is 26.4 Å². The summed E-state index contributed by atoms with van der Waals surface area (Å²) in [6.07, 6.45) is 21.3. The van der Waals surface area contributed by atoms with Crippen molar-refractivity contribution in [3.63, 3.8) is 0 Å². The summed E-state index contributed by atoms with van der Waals surface area (Å²) in [5, 5.41) is 4.01. The standard InChI is InChI=1S/C64H81O4P/c1-5-9-13-23-40-65-61-50-30-27-31-51(61)45-53-33-29-35-55(63(53)67-42-25-15-11-7-3)47-57-49-60(69(58-36-19-17-20-37-58)59-38-21-18-22-39-59)48-56(64(57)68-43-26-16-12-8-4)46-54-34-28-32-52(44-50)62(54)66-41-24-14-10-6-2/h17-22,27-39,48-49H,5-16,23-26,40-47H2,1-4H3. The molecule has 69 heavy (non-hydrogen) atoms. The van der Waals surface area contributed by atoms with Gasteiger partial charge in [0.1, 0.15) is 23.0 Å². The van der Waals surface area contributed by atoms with Crippen molar-refractivity contribution in [3.05, 3.63) is 172 Å². The third kappa shape index (κ3) is 15.0. The van der Waals surface area contributed by atoms with Gasteiger partial charge in [-0.25, -0.2) is 0 Å². The topological polar surface area (TPSA) is 36.9 Å². The van der Waals surface area contributed by atoms with Crippen LogP contribution in [0, 0.1) is 0 Å². The second-order valence-electron chi connectivity index (χ2n) is 19.2. The van der Waals surface area contributed by atoms with Gasteiger partial charge in [0.2, 0.25) is 0 Å². The van der Waals surface area contributed by atoms with E-state index in [4.69, 9.17) is 18.9 Å². The molecular weight excluding hydrogens is 864 g/mol. The third-order valence-corrected chi connectivity index (χ3v) is 16.0. The summed E-state index contributed by atoms with van der Waals surface area (Å²) in [7, 11) is -0.893. The molecule has 1 aliphatic carbocycles. The Hall–Kier alpha value is -5.05. The van der Waals surface area contributed by atoms with Crippen molar-refractivity contribution >= 4 is 23.8 Å². The molecule has 0 radical (unpaired) electrons. The fourth-order valence-electron chi connectivity index (χ4n) is 9.85. The Labute approximate surface area is 418 Å². The molecule has 366 valence electrons. The van der Waals surface area contributed by atoms with E-state index in [1.807, 2.05) is 0 Å². The molecule has 0 saturated carbocycles. The molecule has 0 unspecified atom stereocenters. The zero-order valence-electron chi connectivity index (χ0n) is 42.7. The lowest BCUT2D eigenvalue weighted by atomic mass is 9.91. The lowest BCUT2D eigenvalue weighted by molar-refractivity contribution is 0.293. The van der Waals surface area contributed by atoms with E-state index in [0.29, 0.717) is 39.3 Å². The van der Waals surface area contributed by atoms with Gasteiger partial charge in [-0.3, -0.25) is 0 Å². The maximum Gasteiger partial charge on any atom is 0.126 e. The van der Waals surface area contributed by atoms with Crippen molar-refractivity contribution in [3.8, 4) is 23.0 Å². The highest BCUT2D eigenvalue weighted by molar-refractivity contribution is 7.79. The van der Waals surface area contributed by atoms with Crippen LogP contribution in [0.5, 0.6) is 23.0 Å². The van der Waals surface area contributed by atoms with Gasteiger partial charge in [-0.15, -0.1) is 0 Å². The summed E-state index contributed by atoms with van der Waals surface area (Å²) in [4.78, 5) is 0. The van der Waals surface area contributed by atoms with Crippen LogP contribution in [0.25, 0.3) is 0 Å². The van der Waals surface area contributed by atoms with Crippen LogP contribution in [0.2, 0.25) is 0 Å². The quantitative estimate of drug-likeness (QED) is 0.0380. The minimum absolute atomic E-state index is 0.684. The van der Waals surface area contributed by atoms with Crippen LogP contribution < -0.4 is 34.9 Å². The highest BCUT2D eigenvalue weighted by Crippen LogP contribution is 2.42. The zero-order valence-corrected chi connectivity index (χ0v) is 43.6. The van der Waals surface area contributed by atoms with Gasteiger partial charge in [-0.2, -0.15) is 0 Å². The molecule has 6 aromatic carbocycles. The minimum Gasteiger partial charge on any atom is -0.493 e. The summed E-state index contributed by atoms with van der Waals surface area (Å²) in [5.41, 5.74) is 9.66. The van der Waals surface area contributed by atoms with Gasteiger partial charge >= 0.3 is 0 Å². The van der Waals surface area contributed by atoms with Gasteiger partial charge in [0.05, 0.1) is 26.4 Å². The molecule has 0 fully saturated rings. The highest BCUT2D eigenvalue weighted by atomic mass is 31.1. The average molecular weight is 945 g/mol. The van der Waals surface area contributed by atoms with E-state index in [2.05, 4.69) is 155 Å². The number of fused-ring (bicyclic) bond motifs is 8. The number of hydrogen-bond acceptors (Lipinski definition) is 4. The first-order valence-electron chi connectivity index (χ1n) is 27.0. The Bertz CT molecular complexity index is 2280. The molecule has 1 aliphatic rings. The summed E-state index contributed by atoms with van der Waals surface area (Å²) in [5.74, 6) is 4.06. The Morgan fingerprint density at radius 3 is 0.855 bits per heavy atom. The molecule has 0 heterocycles. The Morgan fingerprint density at radius 2 is 0.565 bits per heavy atom. The van der Waals surface area contributed by atoms with E-state index >= 15 is 0 Å². The molecule has 0 aromatic heterocycles. The van der Waals surface area contributed by atoms with E-state index in [9.17, 15) is 0 Å². The molecular formula is C64H81O4P. The normalized spacial score (nSPS) is 12.2. The van der Waals surface area contributed by atoms with Crippen molar-refractivity contribution in [1.82, 2.24) is 0 Å². The van der Waals surface area contributed by atoms with E-state index in [1.165, 1.54) is 131 Å². The predicted octanol–water partition coefficient (Wildman–Crippen LogP) is 16.0. The van der Waals surface area contributed by atoms with Crippen LogP contribution in [0.1, 0.15) is 175 Å². The van der Waals surface area contributed by atoms with Gasteiger partial charge in [-0.05, 0) is 106 Å². The number of benzene rings is 6. The smallest absolute Gasteiger partial charge is 0.126 e. The average Bonchev–Trinajstić information content (AvgIpc) is 3.37. The van der Waals surface area contributed by atoms with Crippen LogP contribution in [0.15, 0.2) is 127 Å². The van der Waals surface area contributed by atoms with Gasteiger partial charge in [0.25, 0.3) is 0 Å². The lowest BCUT2D eigenvalue weighted by Crippen LogP contribution is -2.22. The molecule has 5 heteroatoms. The fraction of sp³-hybridized carbons (Fsp3) is 0.438. The molecule has 6 aromatic rings. The van der Waals surface area contributed by atoms with Crippen molar-refractivity contribution in [2.45, 2.75) is 156 Å². The van der Waals surface area contributed by atoms with Crippen molar-refractivity contribution in [2.24, 2.45) is 0 Å². The molecule has 0 amide bonds. The van der Waals surface area contributed by atoms with Crippen molar-refractivity contribution < 1.29 is 18.9 Å². The number of ether oxygens (including phenoxy) is 4. The van der Waals surface area contributed by atoms with Gasteiger partial charge < -0.3 is 18.9 Å². The van der Waals surface area contributed by atoms with Crippen LogP contribution >= 0.6 is 7.92 Å². The van der Waals surface area contributed by atoms with Gasteiger partial charge in [-0.1, -0.05) is 220 Å². The second-order valence-corrected chi connectivity index (χ2v) is 21.4. The predicted molar refractivity (Wildman–Crippen MR) is 294 cm³/mol. The van der Waals surface area contributed by atoms with Gasteiger partial charge in [0, 0.05) is 25.7 Å². The van der Waals surface area contributed by atoms with E-state index in [0.717, 1.165) is 67.9 Å². The first kappa shape index (κ1) is 51.8. The fourth-order valence-corrected chi connectivity index (χ4v) is 12.3. The van der Waals surface area contributed by atoms with E-state index in [1.54, 1.807) is 0 Å². The van der Waals surface area contributed by atoms with Crippen LogP contribution in [0.4, 0.5) is 0 Å². The molecule has 7 rings (SSSR count). The SMILES string of the molecule is CCCCCCOc1c2cccc1Cc1cccc(c1OCCCCCC)Cc1cc(P(c3ccccc3)c3ccccc3)cc(c1OCCCCCC)Cc1cccc(c1OCCCCCC)C2. The largest absolute Gasteiger partial charge is 0.493 e. The number of rotatable bonds is 27. The monoisotopic (exact) mass is 945 g/mol. The Balaban J connectivity index is 1.46. The molecule has 8 bridgehead atoms. The van der Waals surface area contributed by atoms with E-state index < -0.39 is 7.92 Å². The van der Waals surface area contributed by atoms with Crippen LogP contribution in [0.3, 0.4) is 0 Å². The summed E-state index contributed by atoms with van der Waals surface area (Å²) >= 11 is 0. The molecule has 0 N–H and O–H groups in total. The number of hydrogen-bond donors (Lipinski definition) is 0. The molecule has 0 aliphatic heterocycles. The summed E-state index contributed by atoms with van der Waals surface area (Å²) in [6.45, 7) is 11.9. The Morgan fingerprint density at radius 1 is 0.290 bits per heavy atom. The number of para-hydroxylation sites is 3. The van der Waals surface area contributed by atoms with Crippen LogP contribution in [-0.4, -0.2) is 26.4 Å². The van der Waals surface area contributed by atoms with Gasteiger partial charge in [0.15, 0.2) is 0 Å². The maximum absolute atomic E-state index is 7.20. The minimum atomic E-state index is -0.893.